The number of carboxylic acid groups (broad SMARTS) is 1. The second kappa shape index (κ2) is 6.48. The third-order valence-corrected chi connectivity index (χ3v) is 5.12. The smallest absolute Gasteiger partial charge is 0.306 e. The maximum absolute atomic E-state index is 10.9. The minimum Gasteiger partial charge on any atom is -0.481 e. The van der Waals surface area contributed by atoms with Gasteiger partial charge in [0, 0.05) is 16.0 Å². The summed E-state index contributed by atoms with van der Waals surface area (Å²) in [7, 11) is 0. The van der Waals surface area contributed by atoms with Crippen molar-refractivity contribution < 1.29 is 9.90 Å². The van der Waals surface area contributed by atoms with E-state index in [0.29, 0.717) is 5.25 Å². The molecule has 0 aliphatic heterocycles. The lowest BCUT2D eigenvalue weighted by Gasteiger charge is -2.25. The third-order valence-electron chi connectivity index (χ3n) is 3.42. The Hall–Kier alpha value is -0.670. The summed E-state index contributed by atoms with van der Waals surface area (Å²) in [5.74, 6) is 0.244. The Kier molecular flexibility index (Phi) is 4.95. The lowest BCUT2D eigenvalue weighted by molar-refractivity contribution is -0.142. The van der Waals surface area contributed by atoms with Crippen LogP contribution in [0, 0.1) is 5.92 Å². The zero-order chi connectivity index (χ0) is 13.0. The van der Waals surface area contributed by atoms with Crippen molar-refractivity contribution in [2.24, 2.45) is 5.92 Å². The van der Waals surface area contributed by atoms with Gasteiger partial charge in [-0.2, -0.15) is 11.8 Å². The molecule has 1 N–H and O–H groups in total. The van der Waals surface area contributed by atoms with E-state index in [0.717, 1.165) is 36.5 Å². The van der Waals surface area contributed by atoms with Gasteiger partial charge in [-0.3, -0.25) is 4.79 Å². The van der Waals surface area contributed by atoms with E-state index in [1.807, 2.05) is 23.9 Å². The van der Waals surface area contributed by atoms with Crippen molar-refractivity contribution in [3.63, 3.8) is 0 Å². The topological polar surface area (TPSA) is 37.3 Å². The van der Waals surface area contributed by atoms with Crippen molar-refractivity contribution in [3.8, 4) is 0 Å². The van der Waals surface area contributed by atoms with Gasteiger partial charge in [0.1, 0.15) is 0 Å². The predicted molar refractivity (Wildman–Crippen MR) is 76.1 cm³/mol. The van der Waals surface area contributed by atoms with Crippen LogP contribution in [0.4, 0.5) is 0 Å². The Morgan fingerprint density at radius 3 is 2.39 bits per heavy atom. The zero-order valence-corrected chi connectivity index (χ0v) is 11.7. The summed E-state index contributed by atoms with van der Waals surface area (Å²) in [5.41, 5.74) is 1.28. The van der Waals surface area contributed by atoms with Crippen LogP contribution in [-0.2, 0) is 10.5 Å². The Morgan fingerprint density at radius 2 is 1.83 bits per heavy atom. The number of rotatable bonds is 4. The molecule has 2 rings (SSSR count). The van der Waals surface area contributed by atoms with E-state index in [4.69, 9.17) is 16.7 Å². The van der Waals surface area contributed by atoms with Gasteiger partial charge in [-0.25, -0.2) is 0 Å². The zero-order valence-electron chi connectivity index (χ0n) is 10.1. The number of halogens is 1. The van der Waals surface area contributed by atoms with Crippen LogP contribution in [0.1, 0.15) is 31.2 Å². The summed E-state index contributed by atoms with van der Waals surface area (Å²) in [4.78, 5) is 10.9. The number of hydrogen-bond donors (Lipinski definition) is 1. The van der Waals surface area contributed by atoms with E-state index in [1.54, 1.807) is 0 Å². The van der Waals surface area contributed by atoms with Gasteiger partial charge in [0.2, 0.25) is 0 Å². The maximum atomic E-state index is 10.9. The molecule has 1 aliphatic rings. The average molecular weight is 285 g/mol. The third kappa shape index (κ3) is 3.92. The highest BCUT2D eigenvalue weighted by atomic mass is 35.5. The fraction of sp³-hybridized carbons (Fsp3) is 0.500. The molecule has 1 fully saturated rings. The summed E-state index contributed by atoms with van der Waals surface area (Å²) < 4.78 is 0. The second-order valence-electron chi connectivity index (χ2n) is 4.75. The first kappa shape index (κ1) is 13.8. The molecular formula is C14H17ClO2S. The van der Waals surface area contributed by atoms with Gasteiger partial charge in [-0.15, -0.1) is 0 Å². The van der Waals surface area contributed by atoms with Gasteiger partial charge < -0.3 is 5.11 Å². The molecule has 1 saturated carbocycles. The first-order valence-electron chi connectivity index (χ1n) is 6.24. The Balaban J connectivity index is 1.75. The number of hydrogen-bond acceptors (Lipinski definition) is 2. The van der Waals surface area contributed by atoms with Crippen molar-refractivity contribution in [2.45, 2.75) is 36.7 Å². The van der Waals surface area contributed by atoms with Gasteiger partial charge in [0.25, 0.3) is 0 Å². The average Bonchev–Trinajstić information content (AvgIpc) is 2.38. The van der Waals surface area contributed by atoms with Crippen molar-refractivity contribution in [1.82, 2.24) is 0 Å². The fourth-order valence-electron chi connectivity index (χ4n) is 2.27. The SMILES string of the molecule is O=C(O)C1CCC(SCc2ccc(Cl)cc2)CC1. The fourth-order valence-corrected chi connectivity index (χ4v) is 3.62. The molecule has 1 aliphatic carbocycles. The van der Waals surface area contributed by atoms with Crippen LogP contribution >= 0.6 is 23.4 Å². The molecule has 1 aromatic rings. The molecule has 0 atom stereocenters. The maximum Gasteiger partial charge on any atom is 0.306 e. The van der Waals surface area contributed by atoms with E-state index in [9.17, 15) is 4.79 Å². The van der Waals surface area contributed by atoms with Gasteiger partial charge in [-0.05, 0) is 43.4 Å². The van der Waals surface area contributed by atoms with Crippen LogP contribution < -0.4 is 0 Å². The quantitative estimate of drug-likeness (QED) is 0.899. The second-order valence-corrected chi connectivity index (χ2v) is 6.47. The molecule has 2 nitrogen and oxygen atoms in total. The van der Waals surface area contributed by atoms with Crippen LogP contribution in [0.5, 0.6) is 0 Å². The molecule has 0 bridgehead atoms. The molecule has 1 aromatic carbocycles. The number of carboxylic acids is 1. The largest absolute Gasteiger partial charge is 0.481 e. The molecule has 0 amide bonds. The highest BCUT2D eigenvalue weighted by Crippen LogP contribution is 2.33. The summed E-state index contributed by atoms with van der Waals surface area (Å²) in [6, 6.07) is 7.94. The summed E-state index contributed by atoms with van der Waals surface area (Å²) in [6.45, 7) is 0. The van der Waals surface area contributed by atoms with E-state index in [1.165, 1.54) is 5.56 Å². The molecule has 98 valence electrons. The Morgan fingerprint density at radius 1 is 1.22 bits per heavy atom. The van der Waals surface area contributed by atoms with Crippen LogP contribution in [0.15, 0.2) is 24.3 Å². The molecule has 4 heteroatoms. The molecule has 0 spiro atoms. The van der Waals surface area contributed by atoms with Crippen LogP contribution in [-0.4, -0.2) is 16.3 Å². The minimum atomic E-state index is -0.629. The van der Waals surface area contributed by atoms with Crippen molar-refractivity contribution in [3.05, 3.63) is 34.9 Å². The normalized spacial score (nSPS) is 23.8. The highest BCUT2D eigenvalue weighted by Gasteiger charge is 2.25. The molecular weight excluding hydrogens is 268 g/mol. The first-order chi connectivity index (χ1) is 8.65. The molecule has 0 radical (unpaired) electrons. The highest BCUT2D eigenvalue weighted by molar-refractivity contribution is 7.99. The first-order valence-corrected chi connectivity index (χ1v) is 7.66. The van der Waals surface area contributed by atoms with E-state index < -0.39 is 5.97 Å². The summed E-state index contributed by atoms with van der Waals surface area (Å²) >= 11 is 7.78. The van der Waals surface area contributed by atoms with Gasteiger partial charge in [0.05, 0.1) is 5.92 Å². The van der Waals surface area contributed by atoms with Gasteiger partial charge >= 0.3 is 5.97 Å². The molecule has 18 heavy (non-hydrogen) atoms. The molecule has 0 unspecified atom stereocenters. The number of aliphatic carboxylic acids is 1. The van der Waals surface area contributed by atoms with E-state index in [2.05, 4.69) is 12.1 Å². The Labute approximate surface area is 117 Å². The molecule has 0 saturated heterocycles. The predicted octanol–water partition coefficient (Wildman–Crippen LogP) is 4.22. The lowest BCUT2D eigenvalue weighted by Crippen LogP contribution is -2.22. The number of thioether (sulfide) groups is 1. The standard InChI is InChI=1S/C14H17ClO2S/c15-12-5-1-10(2-6-12)9-18-13-7-3-11(4-8-13)14(16)17/h1-2,5-6,11,13H,3-4,7-9H2,(H,16,17). The Bertz CT molecular complexity index is 397. The van der Waals surface area contributed by atoms with Crippen LogP contribution in [0.3, 0.4) is 0 Å². The van der Waals surface area contributed by atoms with Crippen molar-refractivity contribution in [1.29, 1.82) is 0 Å². The van der Waals surface area contributed by atoms with Crippen LogP contribution in [0.2, 0.25) is 5.02 Å². The summed E-state index contributed by atoms with van der Waals surface area (Å²) in [5, 5.41) is 10.3. The van der Waals surface area contributed by atoms with E-state index in [-0.39, 0.29) is 5.92 Å². The molecule has 0 heterocycles. The van der Waals surface area contributed by atoms with Crippen LogP contribution in [0.25, 0.3) is 0 Å². The van der Waals surface area contributed by atoms with Crippen molar-refractivity contribution in [2.75, 3.05) is 0 Å². The van der Waals surface area contributed by atoms with Gasteiger partial charge in [-0.1, -0.05) is 23.7 Å². The minimum absolute atomic E-state index is 0.114. The molecule has 0 aromatic heterocycles. The van der Waals surface area contributed by atoms with Gasteiger partial charge in [0.15, 0.2) is 0 Å². The lowest BCUT2D eigenvalue weighted by atomic mass is 9.89. The summed E-state index contributed by atoms with van der Waals surface area (Å²) in [6.07, 6.45) is 3.70. The number of benzene rings is 1. The van der Waals surface area contributed by atoms with E-state index >= 15 is 0 Å². The number of carbonyl (C=O) groups is 1. The van der Waals surface area contributed by atoms with Crippen molar-refractivity contribution >= 4 is 29.3 Å². The monoisotopic (exact) mass is 284 g/mol.